The van der Waals surface area contributed by atoms with Crippen LogP contribution in [0.25, 0.3) is 6.08 Å². The molecule has 0 heterocycles. The Kier molecular flexibility index (Phi) is 102. The average molecular weight is 1960 g/mol. The number of alkyl halides is 3. The van der Waals surface area contributed by atoms with E-state index < -0.39 is 23.3 Å². The first-order valence-electron chi connectivity index (χ1n) is 49.9. The fraction of sp³-hybridized carbons (Fsp3) is 0.609. The summed E-state index contributed by atoms with van der Waals surface area (Å²) >= 11 is 0. The number of halogens is 3. The van der Waals surface area contributed by atoms with Crippen molar-refractivity contribution in [2.24, 2.45) is 17.8 Å². The molecule has 2 aromatic rings. The number of allylic oxidation sites excluding steroid dienone is 2. The summed E-state index contributed by atoms with van der Waals surface area (Å²) in [6.07, 6.45) is 43.7. The quantitative estimate of drug-likeness (QED) is 0.0257. The molecule has 0 radical (unpaired) electrons. The first-order valence-corrected chi connectivity index (χ1v) is 49.9. The van der Waals surface area contributed by atoms with Crippen LogP contribution in [-0.4, -0.2) is 130 Å². The zero-order chi connectivity index (χ0) is 108. The van der Waals surface area contributed by atoms with Crippen molar-refractivity contribution in [3.8, 4) is 0 Å². The molecule has 0 aromatic heterocycles. The molecule has 1 aliphatic carbocycles. The zero-order valence-electron chi connectivity index (χ0n) is 90.5. The first-order chi connectivity index (χ1) is 65.2. The number of esters is 10. The van der Waals surface area contributed by atoms with Crippen LogP contribution in [0.2, 0.25) is 0 Å². The number of hydrogen-bond donors (Lipinski definition) is 0. The second-order valence-electron chi connectivity index (χ2n) is 36.1. The minimum atomic E-state index is -4.72. The van der Waals surface area contributed by atoms with E-state index in [9.17, 15) is 65.9 Å². The van der Waals surface area contributed by atoms with Gasteiger partial charge in [-0.15, -0.1) is 0 Å². The number of carbonyl (C=O) groups is 11. The third-order valence-electron chi connectivity index (χ3n) is 18.7. The Labute approximate surface area is 839 Å². The van der Waals surface area contributed by atoms with Crippen LogP contribution in [0.3, 0.4) is 0 Å². The molecule has 0 bridgehead atoms. The number of hydrogen-bond acceptors (Lipinski definition) is 21. The lowest BCUT2D eigenvalue weighted by Gasteiger charge is -2.20. The van der Waals surface area contributed by atoms with Crippen LogP contribution in [0, 0.1) is 17.8 Å². The molecular weight excluding hydrogens is 1770 g/mol. The van der Waals surface area contributed by atoms with Crippen molar-refractivity contribution in [1.82, 2.24) is 0 Å². The summed E-state index contributed by atoms with van der Waals surface area (Å²) in [6, 6.07) is 19.3. The first kappa shape index (κ1) is 144. The lowest BCUT2D eigenvalue weighted by atomic mass is 9.90. The molecule has 1 unspecified atom stereocenters. The highest BCUT2D eigenvalue weighted by atomic mass is 19.4. The van der Waals surface area contributed by atoms with Crippen LogP contribution in [0.4, 0.5) is 13.2 Å². The van der Waals surface area contributed by atoms with Crippen molar-refractivity contribution in [2.75, 3.05) is 46.8 Å². The molecule has 3 rings (SSSR count). The van der Waals surface area contributed by atoms with Gasteiger partial charge in [0.05, 0.1) is 52.9 Å². The zero-order valence-corrected chi connectivity index (χ0v) is 90.5. The van der Waals surface area contributed by atoms with E-state index in [1.54, 1.807) is 95.2 Å². The molecule has 0 N–H and O–H groups in total. The summed E-state index contributed by atoms with van der Waals surface area (Å²) < 4.78 is 84.1. The predicted octanol–water partition coefficient (Wildman–Crippen LogP) is 30.2. The Morgan fingerprint density at radius 3 is 1.01 bits per heavy atom. The molecule has 1 saturated carbocycles. The number of unbranched alkanes of at least 4 members (excludes halogenated alkanes) is 22. The van der Waals surface area contributed by atoms with Gasteiger partial charge in [0, 0.05) is 50.7 Å². The van der Waals surface area contributed by atoms with Gasteiger partial charge in [0.25, 0.3) is 0 Å². The van der Waals surface area contributed by atoms with Gasteiger partial charge >= 0.3 is 65.9 Å². The Morgan fingerprint density at radius 2 is 0.705 bits per heavy atom. The standard InChI is InChI=1S/3C15H28O2.C11H18O2.C11H12O2.C10H10O.2C9H16O2.C8H11F3O2.C7H12O2.C5H8O2/c1-12(2)9-7-6-8-10-14(5)11-17-15(16)13(3)4;2*1-4-5-6-7-8-9-10-11-12-13-17-15(16)14(2)3;2*1-9(2)11(12)13-8-10-6-4-3-5-7-10;1-9(11)7-8-10-5-3-2-4-6-10;2*1-4-5-6-7-11-9(10)8(2)3;1-5(8(9,10)11)6(12)13-7(2,3)4;1-5(2)7(8)9-6(3)4;1-3-4-5(6)7-2/h12,14H,3,6-11H2,1-2,4-5H3;2*2,4-13H2,1,3H3;10H,1,3-8H2,2H3;3-7H,1,8H2,2H3;2-8H,1H3;2*2,4-7H2,1,3H3;1H2,2-4H3;6H,1H2,2-4H3;3-4H,1-2H3/b;;;;;8-7+;;;;;4-3+. The average Bonchev–Trinajstić information content (AvgIpc) is 0.864. The van der Waals surface area contributed by atoms with E-state index in [2.05, 4.69) is 117 Å². The van der Waals surface area contributed by atoms with E-state index in [1.807, 2.05) is 66.7 Å². The second kappa shape index (κ2) is 97.9. The topological polar surface area (TPSA) is 280 Å². The molecule has 0 amide bonds. The Balaban J connectivity index is -0.000000228. The Morgan fingerprint density at radius 1 is 0.388 bits per heavy atom. The molecule has 21 nitrogen and oxygen atoms in total. The smallest absolute Gasteiger partial charge is 0.422 e. The van der Waals surface area contributed by atoms with Gasteiger partial charge in [-0.25, -0.2) is 47.9 Å². The summed E-state index contributed by atoms with van der Waals surface area (Å²) in [6.45, 7) is 74.3. The van der Waals surface area contributed by atoms with Gasteiger partial charge in [0.2, 0.25) is 0 Å². The van der Waals surface area contributed by atoms with Crippen molar-refractivity contribution in [1.29, 1.82) is 0 Å². The lowest BCUT2D eigenvalue weighted by Crippen LogP contribution is -2.29. The number of carbonyl (C=O) groups excluding carboxylic acids is 11. The van der Waals surface area contributed by atoms with Crippen LogP contribution < -0.4 is 0 Å². The monoisotopic (exact) mass is 1960 g/mol. The van der Waals surface area contributed by atoms with E-state index in [1.165, 1.54) is 182 Å². The molecular formula is C115H187F3O21. The van der Waals surface area contributed by atoms with E-state index in [0.29, 0.717) is 103 Å². The molecule has 1 aliphatic rings. The van der Waals surface area contributed by atoms with Crippen molar-refractivity contribution in [3.63, 3.8) is 0 Å². The third-order valence-corrected chi connectivity index (χ3v) is 18.7. The highest BCUT2D eigenvalue weighted by molar-refractivity contribution is 5.92. The molecule has 1 fully saturated rings. The highest BCUT2D eigenvalue weighted by Gasteiger charge is 2.39. The number of methoxy groups -OCH3 is 1. The predicted molar refractivity (Wildman–Crippen MR) is 563 cm³/mol. The Hall–Kier alpha value is -10.3. The van der Waals surface area contributed by atoms with Crippen molar-refractivity contribution in [2.45, 2.75) is 395 Å². The molecule has 1 atom stereocenters. The number of benzene rings is 2. The summed E-state index contributed by atoms with van der Waals surface area (Å²) in [7, 11) is 1.35. The molecule has 0 saturated heterocycles. The van der Waals surface area contributed by atoms with Crippen molar-refractivity contribution in [3.05, 3.63) is 199 Å². The van der Waals surface area contributed by atoms with Gasteiger partial charge in [0.15, 0.2) is 5.78 Å². The maximum absolute atomic E-state index is 11.9. The van der Waals surface area contributed by atoms with E-state index in [-0.39, 0.29) is 65.6 Å². The van der Waals surface area contributed by atoms with Crippen LogP contribution in [0.1, 0.15) is 382 Å². The van der Waals surface area contributed by atoms with Crippen molar-refractivity contribution < 1.29 is 113 Å². The van der Waals surface area contributed by atoms with Gasteiger partial charge in [-0.1, -0.05) is 354 Å². The van der Waals surface area contributed by atoms with Crippen LogP contribution in [0.5, 0.6) is 0 Å². The SMILES string of the molecule is C/C=C/C(=O)OC.C=C(C(=O)OC(C)(C)C)C(F)(F)F.C=C(C)C(=O)OC(C)C.C=C(C)C(=O)OCC(C)CCCCCC(C)C.C=C(C)C(=O)OCC1CCCCC1.C=C(C)C(=O)OCCCCC.C=C(C)C(=O)OCCCCC.C=C(C)C(=O)OCCCCCCCCCCC.C=C(C)C(=O)OCCCCCCCCCCC.C=C(C)C(=O)OCc1ccccc1.CC(=O)/C=C/c1ccccc1. The summed E-state index contributed by atoms with van der Waals surface area (Å²) in [4.78, 5) is 119. The lowest BCUT2D eigenvalue weighted by molar-refractivity contribution is -0.161. The molecule has 2 aromatic carbocycles. The molecule has 24 heteroatoms. The van der Waals surface area contributed by atoms with Gasteiger partial charge in [0.1, 0.15) is 17.8 Å². The van der Waals surface area contributed by atoms with Gasteiger partial charge in [-0.3, -0.25) is 4.79 Å². The maximum Gasteiger partial charge on any atom is 0.422 e. The van der Waals surface area contributed by atoms with Gasteiger partial charge < -0.3 is 47.4 Å². The van der Waals surface area contributed by atoms with Crippen LogP contribution >= 0.6 is 0 Å². The summed E-state index contributed by atoms with van der Waals surface area (Å²) in [5.41, 5.74) is 3.39. The van der Waals surface area contributed by atoms with E-state index >= 15 is 0 Å². The fourth-order valence-corrected chi connectivity index (χ4v) is 10.6. The van der Waals surface area contributed by atoms with E-state index in [4.69, 9.17) is 37.9 Å². The summed E-state index contributed by atoms with van der Waals surface area (Å²) in [5.74, 6) is -2.04. The van der Waals surface area contributed by atoms with Crippen LogP contribution in [-0.2, 0) is 107 Å². The van der Waals surface area contributed by atoms with Gasteiger partial charge in [-0.2, -0.15) is 13.2 Å². The minimum absolute atomic E-state index is 0.0470. The molecule has 794 valence electrons. The molecule has 0 aliphatic heterocycles. The highest BCUT2D eigenvalue weighted by Crippen LogP contribution is 2.27. The summed E-state index contributed by atoms with van der Waals surface area (Å²) in [5, 5.41) is 0. The van der Waals surface area contributed by atoms with Crippen molar-refractivity contribution >= 4 is 71.6 Å². The number of ketones is 1. The second-order valence-corrected chi connectivity index (χ2v) is 36.1. The maximum atomic E-state index is 11.9. The molecule has 139 heavy (non-hydrogen) atoms. The fourth-order valence-electron chi connectivity index (χ4n) is 10.6. The number of ether oxygens (including phenoxy) is 10. The Bertz CT molecular complexity index is 3690. The van der Waals surface area contributed by atoms with Gasteiger partial charge in [-0.05, 0) is 184 Å². The normalized spacial score (nSPS) is 11.1. The van der Waals surface area contributed by atoms with E-state index in [0.717, 1.165) is 87.7 Å². The van der Waals surface area contributed by atoms with Crippen LogP contribution in [0.15, 0.2) is 188 Å². The third kappa shape index (κ3) is 113. The molecule has 0 spiro atoms. The minimum Gasteiger partial charge on any atom is -0.466 e. The largest absolute Gasteiger partial charge is 0.466 e. The number of rotatable bonds is 53.